The standard InChI is InChI=1S/C17H20N2O5S/c1-19(2)25(21,22)16-9-7-15(8-10-16)24-12-11-23-14-5-3-13(4-6-14)17(18)20/h3-10H,11-12H2,1-2H3,(H2,18,20). The van der Waals surface area contributed by atoms with Crippen molar-refractivity contribution in [2.24, 2.45) is 5.73 Å². The molecular formula is C17H20N2O5S. The van der Waals surface area contributed by atoms with Gasteiger partial charge in [0.2, 0.25) is 15.9 Å². The van der Waals surface area contributed by atoms with Gasteiger partial charge in [-0.05, 0) is 48.5 Å². The number of benzene rings is 2. The van der Waals surface area contributed by atoms with Gasteiger partial charge in [-0.3, -0.25) is 4.79 Å². The smallest absolute Gasteiger partial charge is 0.248 e. The molecule has 2 rings (SSSR count). The summed E-state index contributed by atoms with van der Waals surface area (Å²) in [4.78, 5) is 11.2. The Morgan fingerprint density at radius 1 is 0.920 bits per heavy atom. The second-order valence-corrected chi connectivity index (χ2v) is 7.50. The molecular weight excluding hydrogens is 344 g/mol. The van der Waals surface area contributed by atoms with E-state index in [1.165, 1.54) is 26.2 Å². The monoisotopic (exact) mass is 364 g/mol. The second-order valence-electron chi connectivity index (χ2n) is 5.34. The van der Waals surface area contributed by atoms with Crippen LogP contribution < -0.4 is 15.2 Å². The number of rotatable bonds is 8. The third kappa shape index (κ3) is 4.94. The van der Waals surface area contributed by atoms with Crippen LogP contribution in [0.25, 0.3) is 0 Å². The average molecular weight is 364 g/mol. The highest BCUT2D eigenvalue weighted by Crippen LogP contribution is 2.18. The summed E-state index contributed by atoms with van der Waals surface area (Å²) in [5.41, 5.74) is 5.58. The zero-order valence-electron chi connectivity index (χ0n) is 14.0. The molecule has 8 heteroatoms. The highest BCUT2D eigenvalue weighted by atomic mass is 32.2. The quantitative estimate of drug-likeness (QED) is 0.716. The van der Waals surface area contributed by atoms with Crippen molar-refractivity contribution < 1.29 is 22.7 Å². The van der Waals surface area contributed by atoms with Gasteiger partial charge < -0.3 is 15.2 Å². The Labute approximate surface area is 147 Å². The molecule has 1 amide bonds. The van der Waals surface area contributed by atoms with Gasteiger partial charge in [-0.2, -0.15) is 0 Å². The molecule has 0 bridgehead atoms. The highest BCUT2D eigenvalue weighted by molar-refractivity contribution is 7.89. The van der Waals surface area contributed by atoms with Crippen molar-refractivity contribution in [1.82, 2.24) is 4.31 Å². The number of nitrogens with zero attached hydrogens (tertiary/aromatic N) is 1. The van der Waals surface area contributed by atoms with E-state index in [0.29, 0.717) is 23.7 Å². The van der Waals surface area contributed by atoms with Gasteiger partial charge in [0.1, 0.15) is 24.7 Å². The van der Waals surface area contributed by atoms with Gasteiger partial charge in [0.25, 0.3) is 0 Å². The highest BCUT2D eigenvalue weighted by Gasteiger charge is 2.16. The molecule has 134 valence electrons. The minimum atomic E-state index is -3.44. The fraction of sp³-hybridized carbons (Fsp3) is 0.235. The predicted molar refractivity (Wildman–Crippen MR) is 93.3 cm³/mol. The molecule has 0 radical (unpaired) electrons. The summed E-state index contributed by atoms with van der Waals surface area (Å²) in [7, 11) is -0.486. The first kappa shape index (κ1) is 18.8. The number of amides is 1. The van der Waals surface area contributed by atoms with E-state index >= 15 is 0 Å². The number of hydrogen-bond acceptors (Lipinski definition) is 5. The third-order valence-corrected chi connectivity index (χ3v) is 5.19. The van der Waals surface area contributed by atoms with E-state index in [2.05, 4.69) is 0 Å². The molecule has 0 spiro atoms. The third-order valence-electron chi connectivity index (χ3n) is 3.36. The van der Waals surface area contributed by atoms with Gasteiger partial charge in [0.15, 0.2) is 0 Å². The van der Waals surface area contributed by atoms with E-state index in [1.54, 1.807) is 36.4 Å². The van der Waals surface area contributed by atoms with Crippen LogP contribution in [0, 0.1) is 0 Å². The number of carbonyl (C=O) groups is 1. The lowest BCUT2D eigenvalue weighted by Gasteiger charge is -2.12. The van der Waals surface area contributed by atoms with E-state index in [4.69, 9.17) is 15.2 Å². The van der Waals surface area contributed by atoms with Crippen molar-refractivity contribution >= 4 is 15.9 Å². The first-order valence-electron chi connectivity index (χ1n) is 7.49. The lowest BCUT2D eigenvalue weighted by atomic mass is 10.2. The van der Waals surface area contributed by atoms with E-state index in [-0.39, 0.29) is 11.5 Å². The van der Waals surface area contributed by atoms with Crippen molar-refractivity contribution in [3.05, 3.63) is 54.1 Å². The summed E-state index contributed by atoms with van der Waals surface area (Å²) >= 11 is 0. The van der Waals surface area contributed by atoms with Crippen LogP contribution in [0.2, 0.25) is 0 Å². The van der Waals surface area contributed by atoms with Crippen LogP contribution in [0.4, 0.5) is 0 Å². The Morgan fingerprint density at radius 2 is 1.36 bits per heavy atom. The van der Waals surface area contributed by atoms with Crippen molar-refractivity contribution in [2.75, 3.05) is 27.3 Å². The number of nitrogens with two attached hydrogens (primary N) is 1. The van der Waals surface area contributed by atoms with Crippen molar-refractivity contribution in [2.45, 2.75) is 4.90 Å². The van der Waals surface area contributed by atoms with Crippen molar-refractivity contribution in [3.63, 3.8) is 0 Å². The van der Waals surface area contributed by atoms with Crippen LogP contribution in [0.3, 0.4) is 0 Å². The molecule has 2 aromatic carbocycles. The number of hydrogen-bond donors (Lipinski definition) is 1. The predicted octanol–water partition coefficient (Wildman–Crippen LogP) is 1.49. The van der Waals surface area contributed by atoms with Crippen LogP contribution in [-0.4, -0.2) is 45.9 Å². The number of sulfonamides is 1. The van der Waals surface area contributed by atoms with E-state index in [0.717, 1.165) is 4.31 Å². The molecule has 0 fully saturated rings. The molecule has 0 aliphatic carbocycles. The molecule has 7 nitrogen and oxygen atoms in total. The minimum Gasteiger partial charge on any atom is -0.490 e. The number of primary amides is 1. The van der Waals surface area contributed by atoms with Crippen molar-refractivity contribution in [1.29, 1.82) is 0 Å². The topological polar surface area (TPSA) is 98.9 Å². The minimum absolute atomic E-state index is 0.204. The first-order chi connectivity index (χ1) is 11.8. The van der Waals surface area contributed by atoms with Gasteiger partial charge >= 0.3 is 0 Å². The Kier molecular flexibility index (Phi) is 6.00. The van der Waals surface area contributed by atoms with Crippen LogP contribution >= 0.6 is 0 Å². The number of carbonyl (C=O) groups excluding carboxylic acids is 1. The number of ether oxygens (including phenoxy) is 2. The Hall–Kier alpha value is -2.58. The zero-order chi connectivity index (χ0) is 18.4. The normalized spacial score (nSPS) is 11.3. The fourth-order valence-corrected chi connectivity index (χ4v) is 2.85. The van der Waals surface area contributed by atoms with E-state index in [9.17, 15) is 13.2 Å². The summed E-state index contributed by atoms with van der Waals surface area (Å²) in [6.07, 6.45) is 0. The summed E-state index contributed by atoms with van der Waals surface area (Å²) in [5, 5.41) is 0. The molecule has 0 atom stereocenters. The lowest BCUT2D eigenvalue weighted by Crippen LogP contribution is -2.22. The van der Waals surface area contributed by atoms with Gasteiger partial charge in [0.05, 0.1) is 4.90 Å². The summed E-state index contributed by atoms with van der Waals surface area (Å²) in [5.74, 6) is 0.654. The molecule has 25 heavy (non-hydrogen) atoms. The molecule has 0 heterocycles. The maximum atomic E-state index is 12.0. The van der Waals surface area contributed by atoms with Gasteiger partial charge in [-0.15, -0.1) is 0 Å². The molecule has 0 aromatic heterocycles. The largest absolute Gasteiger partial charge is 0.490 e. The first-order valence-corrected chi connectivity index (χ1v) is 8.93. The lowest BCUT2D eigenvalue weighted by molar-refractivity contribution is 0.1000. The SMILES string of the molecule is CN(C)S(=O)(=O)c1ccc(OCCOc2ccc(C(N)=O)cc2)cc1. The van der Waals surface area contributed by atoms with Crippen molar-refractivity contribution in [3.8, 4) is 11.5 Å². The molecule has 2 N–H and O–H groups in total. The second kappa shape index (κ2) is 8.00. The molecule has 0 saturated carbocycles. The van der Waals surface area contributed by atoms with Crippen LogP contribution in [0.5, 0.6) is 11.5 Å². The van der Waals surface area contributed by atoms with E-state index < -0.39 is 15.9 Å². The Morgan fingerprint density at radius 3 is 1.76 bits per heavy atom. The van der Waals surface area contributed by atoms with Crippen LogP contribution in [-0.2, 0) is 10.0 Å². The summed E-state index contributed by atoms with van der Waals surface area (Å²) < 4.78 is 36.1. The van der Waals surface area contributed by atoms with Gasteiger partial charge in [-0.25, -0.2) is 12.7 Å². The zero-order valence-corrected chi connectivity index (χ0v) is 14.8. The maximum absolute atomic E-state index is 12.0. The Balaban J connectivity index is 1.83. The average Bonchev–Trinajstić information content (AvgIpc) is 2.59. The molecule has 0 unspecified atom stereocenters. The van der Waals surface area contributed by atoms with E-state index in [1.807, 2.05) is 0 Å². The van der Waals surface area contributed by atoms with Gasteiger partial charge in [-0.1, -0.05) is 0 Å². The maximum Gasteiger partial charge on any atom is 0.248 e. The molecule has 0 saturated heterocycles. The fourth-order valence-electron chi connectivity index (χ4n) is 1.95. The van der Waals surface area contributed by atoms with Crippen LogP contribution in [0.1, 0.15) is 10.4 Å². The summed E-state index contributed by atoms with van der Waals surface area (Å²) in [6, 6.07) is 12.7. The van der Waals surface area contributed by atoms with Gasteiger partial charge in [0, 0.05) is 19.7 Å². The Bertz CT molecular complexity index is 815. The molecule has 0 aliphatic heterocycles. The molecule has 2 aromatic rings. The summed E-state index contributed by atoms with van der Waals surface area (Å²) in [6.45, 7) is 0.588. The van der Waals surface area contributed by atoms with Crippen LogP contribution in [0.15, 0.2) is 53.4 Å². The molecule has 0 aliphatic rings.